The molecule has 0 atom stereocenters. The number of hydrogen-bond acceptors (Lipinski definition) is 4. The quantitative estimate of drug-likeness (QED) is 0.521. The van der Waals surface area contributed by atoms with Crippen LogP contribution in [0.2, 0.25) is 10.0 Å². The number of rotatable bonds is 3. The van der Waals surface area contributed by atoms with Gasteiger partial charge < -0.3 is 10.1 Å². The molecule has 17 heavy (non-hydrogen) atoms. The number of methoxy groups -OCH3 is 1. The molecular weight excluding hydrogens is 263 g/mol. The standard InChI is InChI=1S/C11H8Cl2N2O2/c1-17-11(16)7(5-14)6-15-9-4-2-3-8(12)10(9)13/h2-4,6,15H,1H3/b7-6+. The monoisotopic (exact) mass is 270 g/mol. The average Bonchev–Trinajstić information content (AvgIpc) is 2.34. The van der Waals surface area contributed by atoms with Gasteiger partial charge in [0.25, 0.3) is 0 Å². The van der Waals surface area contributed by atoms with E-state index in [1.165, 1.54) is 13.3 Å². The van der Waals surface area contributed by atoms with Crippen LogP contribution in [0.25, 0.3) is 0 Å². The largest absolute Gasteiger partial charge is 0.465 e. The summed E-state index contributed by atoms with van der Waals surface area (Å²) in [5.41, 5.74) is 0.333. The van der Waals surface area contributed by atoms with Gasteiger partial charge in [-0.3, -0.25) is 0 Å². The zero-order chi connectivity index (χ0) is 12.8. The van der Waals surface area contributed by atoms with E-state index >= 15 is 0 Å². The van der Waals surface area contributed by atoms with E-state index in [-0.39, 0.29) is 5.57 Å². The Hall–Kier alpha value is -1.70. The molecule has 0 bridgehead atoms. The Labute approximate surface area is 108 Å². The van der Waals surface area contributed by atoms with Crippen molar-refractivity contribution in [3.05, 3.63) is 40.0 Å². The number of hydrogen-bond donors (Lipinski definition) is 1. The highest BCUT2D eigenvalue weighted by molar-refractivity contribution is 6.43. The topological polar surface area (TPSA) is 62.1 Å². The number of esters is 1. The Kier molecular flexibility index (Phi) is 4.83. The first-order valence-corrected chi connectivity index (χ1v) is 5.25. The summed E-state index contributed by atoms with van der Waals surface area (Å²) < 4.78 is 4.42. The number of carbonyl (C=O) groups is 1. The molecule has 6 heteroatoms. The lowest BCUT2D eigenvalue weighted by Crippen LogP contribution is -2.05. The van der Waals surface area contributed by atoms with Crippen LogP contribution in [0.5, 0.6) is 0 Å². The van der Waals surface area contributed by atoms with Gasteiger partial charge in [-0.2, -0.15) is 5.26 Å². The van der Waals surface area contributed by atoms with Crippen molar-refractivity contribution in [3.8, 4) is 6.07 Å². The van der Waals surface area contributed by atoms with Gasteiger partial charge in [-0.05, 0) is 12.1 Å². The maximum atomic E-state index is 11.1. The number of benzene rings is 1. The highest BCUT2D eigenvalue weighted by Gasteiger charge is 2.09. The maximum Gasteiger partial charge on any atom is 0.350 e. The minimum Gasteiger partial charge on any atom is -0.465 e. The van der Waals surface area contributed by atoms with E-state index in [2.05, 4.69) is 10.1 Å². The van der Waals surface area contributed by atoms with E-state index in [0.29, 0.717) is 15.7 Å². The minimum absolute atomic E-state index is 0.163. The molecule has 0 saturated carbocycles. The van der Waals surface area contributed by atoms with Gasteiger partial charge in [-0.15, -0.1) is 0 Å². The second-order valence-electron chi connectivity index (χ2n) is 2.91. The van der Waals surface area contributed by atoms with Crippen molar-refractivity contribution >= 4 is 34.9 Å². The van der Waals surface area contributed by atoms with Gasteiger partial charge in [0.15, 0.2) is 5.57 Å². The summed E-state index contributed by atoms with van der Waals surface area (Å²) in [6.45, 7) is 0. The fourth-order valence-electron chi connectivity index (χ4n) is 1.01. The second kappa shape index (κ2) is 6.14. The summed E-state index contributed by atoms with van der Waals surface area (Å²) >= 11 is 11.7. The third-order valence-corrected chi connectivity index (χ3v) is 2.67. The first kappa shape index (κ1) is 13.4. The number of halogens is 2. The van der Waals surface area contributed by atoms with Crippen LogP contribution in [-0.4, -0.2) is 13.1 Å². The molecule has 0 spiro atoms. The summed E-state index contributed by atoms with van der Waals surface area (Å²) in [5, 5.41) is 12.1. The van der Waals surface area contributed by atoms with Crippen LogP contribution in [0.3, 0.4) is 0 Å². The Bertz CT molecular complexity index is 507. The number of ether oxygens (including phenoxy) is 1. The van der Waals surface area contributed by atoms with Crippen LogP contribution in [0.15, 0.2) is 30.0 Å². The molecule has 0 unspecified atom stereocenters. The highest BCUT2D eigenvalue weighted by Crippen LogP contribution is 2.29. The molecule has 0 aliphatic heterocycles. The Morgan fingerprint density at radius 1 is 1.53 bits per heavy atom. The van der Waals surface area contributed by atoms with E-state index < -0.39 is 5.97 Å². The molecule has 1 rings (SSSR count). The fraction of sp³-hybridized carbons (Fsp3) is 0.0909. The summed E-state index contributed by atoms with van der Waals surface area (Å²) in [6.07, 6.45) is 1.21. The third-order valence-electron chi connectivity index (χ3n) is 1.85. The molecule has 0 aliphatic carbocycles. The molecule has 0 aliphatic rings. The molecule has 1 aromatic carbocycles. The van der Waals surface area contributed by atoms with Crippen molar-refractivity contribution in [1.29, 1.82) is 5.26 Å². The zero-order valence-electron chi connectivity index (χ0n) is 8.83. The van der Waals surface area contributed by atoms with Crippen molar-refractivity contribution in [1.82, 2.24) is 0 Å². The number of nitriles is 1. The first-order valence-electron chi connectivity index (χ1n) is 4.49. The molecule has 0 amide bonds. The summed E-state index contributed by atoms with van der Waals surface area (Å²) in [4.78, 5) is 11.1. The van der Waals surface area contributed by atoms with Crippen LogP contribution in [0.4, 0.5) is 5.69 Å². The summed E-state index contributed by atoms with van der Waals surface area (Å²) in [6, 6.07) is 6.69. The predicted molar refractivity (Wildman–Crippen MR) is 65.8 cm³/mol. The number of carbonyl (C=O) groups excluding carboxylic acids is 1. The van der Waals surface area contributed by atoms with E-state index in [9.17, 15) is 4.79 Å². The Morgan fingerprint density at radius 3 is 2.82 bits per heavy atom. The Balaban J connectivity index is 2.93. The van der Waals surface area contributed by atoms with Crippen molar-refractivity contribution in [3.63, 3.8) is 0 Å². The molecular formula is C11H8Cl2N2O2. The van der Waals surface area contributed by atoms with Gasteiger partial charge in [0.05, 0.1) is 22.8 Å². The molecule has 0 fully saturated rings. The Morgan fingerprint density at radius 2 is 2.24 bits per heavy atom. The smallest absolute Gasteiger partial charge is 0.350 e. The van der Waals surface area contributed by atoms with Crippen LogP contribution < -0.4 is 5.32 Å². The molecule has 0 radical (unpaired) electrons. The van der Waals surface area contributed by atoms with E-state index in [4.69, 9.17) is 28.5 Å². The van der Waals surface area contributed by atoms with Gasteiger partial charge in [-0.25, -0.2) is 4.79 Å². The van der Waals surface area contributed by atoms with Gasteiger partial charge in [0.1, 0.15) is 6.07 Å². The molecule has 0 heterocycles. The van der Waals surface area contributed by atoms with Gasteiger partial charge in [0, 0.05) is 6.20 Å². The molecule has 0 aromatic heterocycles. The lowest BCUT2D eigenvalue weighted by molar-refractivity contribution is -0.135. The van der Waals surface area contributed by atoms with Crippen LogP contribution in [0, 0.1) is 11.3 Å². The molecule has 88 valence electrons. The molecule has 1 N–H and O–H groups in total. The third kappa shape index (κ3) is 3.38. The lowest BCUT2D eigenvalue weighted by atomic mass is 10.3. The number of nitrogens with zero attached hydrogens (tertiary/aromatic N) is 1. The second-order valence-corrected chi connectivity index (χ2v) is 3.69. The van der Waals surface area contributed by atoms with E-state index in [1.54, 1.807) is 24.3 Å². The van der Waals surface area contributed by atoms with Crippen LogP contribution >= 0.6 is 23.2 Å². The van der Waals surface area contributed by atoms with E-state index in [0.717, 1.165) is 0 Å². The normalized spacial score (nSPS) is 10.6. The van der Waals surface area contributed by atoms with Gasteiger partial charge in [-0.1, -0.05) is 29.3 Å². The van der Waals surface area contributed by atoms with Crippen molar-refractivity contribution in [2.24, 2.45) is 0 Å². The van der Waals surface area contributed by atoms with Crippen molar-refractivity contribution in [2.75, 3.05) is 12.4 Å². The first-order chi connectivity index (χ1) is 8.10. The summed E-state index contributed by atoms with van der Waals surface area (Å²) in [7, 11) is 1.19. The van der Waals surface area contributed by atoms with Crippen molar-refractivity contribution < 1.29 is 9.53 Å². The molecule has 4 nitrogen and oxygen atoms in total. The highest BCUT2D eigenvalue weighted by atomic mass is 35.5. The molecule has 0 saturated heterocycles. The minimum atomic E-state index is -0.724. The predicted octanol–water partition coefficient (Wildman–Crippen LogP) is 2.99. The van der Waals surface area contributed by atoms with Gasteiger partial charge >= 0.3 is 5.97 Å². The average molecular weight is 271 g/mol. The van der Waals surface area contributed by atoms with Crippen molar-refractivity contribution in [2.45, 2.75) is 0 Å². The summed E-state index contributed by atoms with van der Waals surface area (Å²) in [5.74, 6) is -0.724. The lowest BCUT2D eigenvalue weighted by Gasteiger charge is -2.05. The zero-order valence-corrected chi connectivity index (χ0v) is 10.3. The van der Waals surface area contributed by atoms with E-state index in [1.807, 2.05) is 0 Å². The SMILES string of the molecule is COC(=O)/C(C#N)=C/Nc1cccc(Cl)c1Cl. The number of anilines is 1. The number of nitrogens with one attached hydrogen (secondary N) is 1. The maximum absolute atomic E-state index is 11.1. The van der Waals surface area contributed by atoms with Crippen LogP contribution in [0.1, 0.15) is 0 Å². The van der Waals surface area contributed by atoms with Gasteiger partial charge in [0.2, 0.25) is 0 Å². The van der Waals surface area contributed by atoms with Crippen LogP contribution in [-0.2, 0) is 9.53 Å². The fourth-order valence-corrected chi connectivity index (χ4v) is 1.37. The molecule has 1 aromatic rings.